The zero-order valence-electron chi connectivity index (χ0n) is 15.6. The van der Waals surface area contributed by atoms with Gasteiger partial charge in [-0.1, -0.05) is 12.1 Å². The van der Waals surface area contributed by atoms with Crippen molar-refractivity contribution in [2.45, 2.75) is 39.4 Å². The summed E-state index contributed by atoms with van der Waals surface area (Å²) in [5.41, 5.74) is 0.822. The lowest BCUT2D eigenvalue weighted by Crippen LogP contribution is -2.43. The van der Waals surface area contributed by atoms with Gasteiger partial charge in [-0.15, -0.1) is 23.7 Å². The Kier molecular flexibility index (Phi) is 8.92. The highest BCUT2D eigenvalue weighted by Gasteiger charge is 2.15. The van der Waals surface area contributed by atoms with E-state index in [1.807, 2.05) is 45.0 Å². The molecule has 26 heavy (non-hydrogen) atoms. The van der Waals surface area contributed by atoms with E-state index in [1.54, 1.807) is 18.4 Å². The lowest BCUT2D eigenvalue weighted by atomic mass is 10.1. The third kappa shape index (κ3) is 7.64. The summed E-state index contributed by atoms with van der Waals surface area (Å²) in [5, 5.41) is 8.34. The number of nitrogens with one attached hydrogen (secondary N) is 2. The Hall–Kier alpha value is -1.76. The Morgan fingerprint density at radius 1 is 1.15 bits per heavy atom. The van der Waals surface area contributed by atoms with Gasteiger partial charge in [0.05, 0.1) is 7.11 Å². The van der Waals surface area contributed by atoms with Crippen LogP contribution in [-0.4, -0.2) is 25.2 Å². The summed E-state index contributed by atoms with van der Waals surface area (Å²) in [6, 6.07) is 9.90. The Bertz CT molecular complexity index is 685. The first kappa shape index (κ1) is 22.3. The predicted molar refractivity (Wildman–Crippen MR) is 108 cm³/mol. The van der Waals surface area contributed by atoms with Gasteiger partial charge in [0.15, 0.2) is 18.1 Å². The van der Waals surface area contributed by atoms with E-state index in [4.69, 9.17) is 9.47 Å². The average Bonchev–Trinajstić information content (AvgIpc) is 3.05. The summed E-state index contributed by atoms with van der Waals surface area (Å²) in [6.45, 7) is 7.34. The number of amides is 1. The highest BCUT2D eigenvalue weighted by molar-refractivity contribution is 7.09. The number of methoxy groups -OCH3 is 1. The van der Waals surface area contributed by atoms with Crippen LogP contribution in [0.5, 0.6) is 11.5 Å². The van der Waals surface area contributed by atoms with Crippen molar-refractivity contribution in [3.63, 3.8) is 0 Å². The Labute approximate surface area is 165 Å². The highest BCUT2D eigenvalue weighted by atomic mass is 35.5. The number of carbonyl (C=O) groups is 1. The second-order valence-electron chi connectivity index (χ2n) is 6.75. The molecule has 1 aromatic carbocycles. The summed E-state index contributed by atoms with van der Waals surface area (Å²) < 4.78 is 11.0. The van der Waals surface area contributed by atoms with Gasteiger partial charge in [0, 0.05) is 23.5 Å². The molecule has 0 saturated heterocycles. The van der Waals surface area contributed by atoms with E-state index in [-0.39, 0.29) is 30.5 Å². The molecule has 1 aromatic heterocycles. The van der Waals surface area contributed by atoms with Gasteiger partial charge in [-0.3, -0.25) is 4.79 Å². The lowest BCUT2D eigenvalue weighted by Gasteiger charge is -2.20. The summed E-state index contributed by atoms with van der Waals surface area (Å²) >= 11 is 1.74. The molecule has 0 fully saturated rings. The number of benzene rings is 1. The molecule has 0 aliphatic carbocycles. The molecule has 144 valence electrons. The zero-order valence-corrected chi connectivity index (χ0v) is 17.3. The largest absolute Gasteiger partial charge is 0.493 e. The number of thiophene rings is 1. The van der Waals surface area contributed by atoms with Gasteiger partial charge in [-0.2, -0.15) is 0 Å². The van der Waals surface area contributed by atoms with E-state index in [9.17, 15) is 4.79 Å². The Morgan fingerprint density at radius 3 is 2.54 bits per heavy atom. The number of ether oxygens (including phenoxy) is 2. The molecule has 0 atom stereocenters. The van der Waals surface area contributed by atoms with Gasteiger partial charge in [-0.25, -0.2) is 0 Å². The fourth-order valence-electron chi connectivity index (χ4n) is 2.28. The van der Waals surface area contributed by atoms with Gasteiger partial charge in [0.25, 0.3) is 5.91 Å². The molecule has 2 aromatic rings. The normalized spacial score (nSPS) is 10.8. The first-order valence-corrected chi connectivity index (χ1v) is 9.09. The molecule has 1 heterocycles. The Balaban J connectivity index is 0.00000338. The maximum absolute atomic E-state index is 11.9. The number of carbonyl (C=O) groups excluding carboxylic acids is 1. The lowest BCUT2D eigenvalue weighted by molar-refractivity contribution is -0.124. The average molecular weight is 399 g/mol. The van der Waals surface area contributed by atoms with Crippen LogP contribution >= 0.6 is 23.7 Å². The summed E-state index contributed by atoms with van der Waals surface area (Å²) in [7, 11) is 1.60. The van der Waals surface area contributed by atoms with Crippen molar-refractivity contribution in [2.75, 3.05) is 13.7 Å². The second-order valence-corrected chi connectivity index (χ2v) is 7.79. The van der Waals surface area contributed by atoms with Gasteiger partial charge in [0.2, 0.25) is 0 Å². The maximum atomic E-state index is 11.9. The molecule has 0 saturated carbocycles. The topological polar surface area (TPSA) is 59.6 Å². The molecule has 5 nitrogen and oxygen atoms in total. The van der Waals surface area contributed by atoms with E-state index < -0.39 is 0 Å². The number of rotatable bonds is 8. The van der Waals surface area contributed by atoms with E-state index in [0.717, 1.165) is 18.7 Å². The first-order chi connectivity index (χ1) is 11.9. The van der Waals surface area contributed by atoms with Crippen LogP contribution in [0.3, 0.4) is 0 Å². The number of halogens is 1. The number of hydrogen-bond donors (Lipinski definition) is 2. The fraction of sp³-hybridized carbons (Fsp3) is 0.421. The predicted octanol–water partition coefficient (Wildman–Crippen LogP) is 3.76. The molecule has 0 aliphatic rings. The molecule has 0 spiro atoms. The van der Waals surface area contributed by atoms with Crippen LogP contribution in [0.2, 0.25) is 0 Å². The minimum absolute atomic E-state index is 0. The van der Waals surface area contributed by atoms with Gasteiger partial charge >= 0.3 is 0 Å². The van der Waals surface area contributed by atoms with Crippen molar-refractivity contribution in [2.24, 2.45) is 0 Å². The van der Waals surface area contributed by atoms with Crippen molar-refractivity contribution in [3.05, 3.63) is 46.2 Å². The molecule has 0 radical (unpaired) electrons. The van der Waals surface area contributed by atoms with Crippen molar-refractivity contribution in [1.82, 2.24) is 10.6 Å². The zero-order chi connectivity index (χ0) is 18.3. The van der Waals surface area contributed by atoms with Crippen LogP contribution in [0, 0.1) is 0 Å². The summed E-state index contributed by atoms with van der Waals surface area (Å²) in [4.78, 5) is 13.2. The minimum atomic E-state index is -0.275. The van der Waals surface area contributed by atoms with Crippen LogP contribution in [0.1, 0.15) is 31.2 Å². The molecule has 0 unspecified atom stereocenters. The van der Waals surface area contributed by atoms with Gasteiger partial charge < -0.3 is 20.1 Å². The van der Waals surface area contributed by atoms with E-state index in [1.165, 1.54) is 4.88 Å². The fourth-order valence-corrected chi connectivity index (χ4v) is 2.96. The Morgan fingerprint density at radius 2 is 1.92 bits per heavy atom. The van der Waals surface area contributed by atoms with Crippen LogP contribution in [0.25, 0.3) is 0 Å². The van der Waals surface area contributed by atoms with Crippen molar-refractivity contribution in [1.29, 1.82) is 0 Å². The molecule has 1 amide bonds. The molecule has 0 aliphatic heterocycles. The molecular formula is C19H27ClN2O3S. The van der Waals surface area contributed by atoms with E-state index >= 15 is 0 Å². The molecule has 0 bridgehead atoms. The van der Waals surface area contributed by atoms with Crippen molar-refractivity contribution >= 4 is 29.7 Å². The van der Waals surface area contributed by atoms with E-state index in [0.29, 0.717) is 11.5 Å². The van der Waals surface area contributed by atoms with Gasteiger partial charge in [0.1, 0.15) is 0 Å². The van der Waals surface area contributed by atoms with Crippen LogP contribution in [0.15, 0.2) is 35.7 Å². The van der Waals surface area contributed by atoms with E-state index in [2.05, 4.69) is 22.1 Å². The summed E-state index contributed by atoms with van der Waals surface area (Å²) in [6.07, 6.45) is 0. The van der Waals surface area contributed by atoms with Gasteiger partial charge in [-0.05, 0) is 49.9 Å². The summed E-state index contributed by atoms with van der Waals surface area (Å²) in [5.74, 6) is 1.03. The number of hydrogen-bond acceptors (Lipinski definition) is 5. The molecule has 2 N–H and O–H groups in total. The van der Waals surface area contributed by atoms with Crippen molar-refractivity contribution < 1.29 is 14.3 Å². The second kappa shape index (κ2) is 10.4. The van der Waals surface area contributed by atoms with Crippen LogP contribution in [0.4, 0.5) is 0 Å². The third-order valence-corrected chi connectivity index (χ3v) is 4.19. The maximum Gasteiger partial charge on any atom is 0.258 e. The van der Waals surface area contributed by atoms with Crippen molar-refractivity contribution in [3.8, 4) is 11.5 Å². The molecule has 7 heteroatoms. The minimum Gasteiger partial charge on any atom is -0.493 e. The van der Waals surface area contributed by atoms with Crippen LogP contribution < -0.4 is 20.1 Å². The quantitative estimate of drug-likeness (QED) is 0.710. The third-order valence-electron chi connectivity index (χ3n) is 3.31. The molecule has 2 rings (SSSR count). The smallest absolute Gasteiger partial charge is 0.258 e. The van der Waals surface area contributed by atoms with Crippen LogP contribution in [-0.2, 0) is 17.9 Å². The first-order valence-electron chi connectivity index (χ1n) is 8.21. The SMILES string of the molecule is COc1cc(CNCc2cccs2)ccc1OCC(=O)NC(C)(C)C.Cl. The highest BCUT2D eigenvalue weighted by Crippen LogP contribution is 2.28. The molecular weight excluding hydrogens is 372 g/mol. The monoisotopic (exact) mass is 398 g/mol. The standard InChI is InChI=1S/C19H26N2O3S.ClH/c1-19(2,3)21-18(22)13-24-16-8-7-14(10-17(16)23-4)11-20-12-15-6-5-9-25-15;/h5-10,20H,11-13H2,1-4H3,(H,21,22);1H.